The Kier molecular flexibility index (Phi) is 2.49. The van der Waals surface area contributed by atoms with Crippen molar-refractivity contribution in [1.82, 2.24) is 9.97 Å². The van der Waals surface area contributed by atoms with Crippen LogP contribution in [0.2, 0.25) is 0 Å². The normalized spacial score (nSPS) is 16.8. The van der Waals surface area contributed by atoms with Crippen LogP contribution in [0, 0.1) is 0 Å². The van der Waals surface area contributed by atoms with Crippen molar-refractivity contribution in [2.24, 2.45) is 0 Å². The van der Waals surface area contributed by atoms with Crippen LogP contribution in [-0.2, 0) is 0 Å². The molecule has 5 aromatic rings. The number of pyridine rings is 2. The monoisotopic (exact) mass is 342 g/mol. The van der Waals surface area contributed by atoms with Crippen LogP contribution in [0.15, 0.2) is 71.3 Å². The van der Waals surface area contributed by atoms with E-state index in [2.05, 4.69) is 16.0 Å². The highest BCUT2D eigenvalue weighted by Gasteiger charge is 2.15. The summed E-state index contributed by atoms with van der Waals surface area (Å²) >= 11 is 0. The number of fused-ring (bicyclic) bond motifs is 4. The Morgan fingerprint density at radius 1 is 1.04 bits per heavy atom. The average Bonchev–Trinajstić information content (AvgIpc) is 3.09. The molecule has 0 aliphatic heterocycles. The van der Waals surface area contributed by atoms with Gasteiger partial charge in [0.15, 0.2) is 0 Å². The molecule has 0 saturated heterocycles. The Morgan fingerprint density at radius 2 is 1.96 bits per heavy atom. The smallest absolute Gasteiger partial charge is 0.227 e. The first-order chi connectivity index (χ1) is 14.3. The van der Waals surface area contributed by atoms with Crippen LogP contribution < -0.4 is 0 Å². The first kappa shape index (κ1) is 11.4. The zero-order valence-corrected chi connectivity index (χ0v) is 14.2. The summed E-state index contributed by atoms with van der Waals surface area (Å²) in [5, 5.41) is 2.85. The number of nitrogens with zero attached hydrogens (tertiary/aromatic N) is 2. The molecule has 5 rings (SSSR count). The van der Waals surface area contributed by atoms with Gasteiger partial charge in [-0.25, -0.2) is 4.98 Å². The van der Waals surface area contributed by atoms with E-state index in [0.29, 0.717) is 22.6 Å². The second-order valence-corrected chi connectivity index (χ2v) is 6.37. The first-order valence-electron chi connectivity index (χ1n) is 10.4. The van der Waals surface area contributed by atoms with E-state index in [1.54, 1.807) is 12.1 Å². The van der Waals surface area contributed by atoms with Gasteiger partial charge in [-0.05, 0) is 41.8 Å². The molecule has 0 aliphatic rings. The van der Waals surface area contributed by atoms with E-state index in [1.165, 1.54) is 13.1 Å². The number of hydrogen-bond acceptors (Lipinski definition) is 3. The van der Waals surface area contributed by atoms with E-state index in [-0.39, 0.29) is 0 Å². The summed E-state index contributed by atoms with van der Waals surface area (Å²) in [5.41, 5.74) is 3.71. The van der Waals surface area contributed by atoms with Gasteiger partial charge in [-0.2, -0.15) is 0 Å². The molecular formula is C23H18N2O. The molecule has 26 heavy (non-hydrogen) atoms. The number of aromatic nitrogens is 2. The zero-order chi connectivity index (χ0) is 21.1. The number of furan rings is 1. The van der Waals surface area contributed by atoms with Crippen molar-refractivity contribution in [2.45, 2.75) is 19.7 Å². The van der Waals surface area contributed by atoms with Crippen LogP contribution in [-0.4, -0.2) is 9.97 Å². The predicted octanol–water partition coefficient (Wildman–Crippen LogP) is 6.32. The number of benzene rings is 2. The van der Waals surface area contributed by atoms with Crippen molar-refractivity contribution >= 4 is 33.0 Å². The molecule has 126 valence electrons. The highest BCUT2D eigenvalue weighted by Crippen LogP contribution is 2.36. The van der Waals surface area contributed by atoms with E-state index in [1.807, 2.05) is 42.5 Å². The van der Waals surface area contributed by atoms with Crippen molar-refractivity contribution in [2.75, 3.05) is 0 Å². The molecule has 0 radical (unpaired) electrons. The Bertz CT molecular complexity index is 1420. The molecule has 0 bridgehead atoms. The van der Waals surface area contributed by atoms with Gasteiger partial charge in [0, 0.05) is 33.4 Å². The summed E-state index contributed by atoms with van der Waals surface area (Å²) in [5.74, 6) is -1.74. The summed E-state index contributed by atoms with van der Waals surface area (Å²) in [4.78, 5) is 9.08. The third-order valence-electron chi connectivity index (χ3n) is 4.66. The minimum absolute atomic E-state index is 0.379. The molecule has 0 N–H and O–H groups in total. The van der Waals surface area contributed by atoms with Gasteiger partial charge in [-0.1, -0.05) is 44.1 Å². The van der Waals surface area contributed by atoms with Crippen LogP contribution >= 0.6 is 0 Å². The fourth-order valence-corrected chi connectivity index (χ4v) is 3.34. The molecule has 0 amide bonds. The lowest BCUT2D eigenvalue weighted by atomic mass is 10.0. The van der Waals surface area contributed by atoms with E-state index in [0.717, 1.165) is 27.2 Å². The molecule has 3 heteroatoms. The van der Waals surface area contributed by atoms with Crippen LogP contribution in [0.3, 0.4) is 0 Å². The summed E-state index contributed by atoms with van der Waals surface area (Å²) < 4.78 is 37.7. The Hall–Kier alpha value is -3.20. The highest BCUT2D eigenvalue weighted by atomic mass is 16.3. The topological polar surface area (TPSA) is 38.9 Å². The Balaban J connectivity index is 1.74. The van der Waals surface area contributed by atoms with Gasteiger partial charge in [-0.3, -0.25) is 4.98 Å². The van der Waals surface area contributed by atoms with E-state index in [4.69, 9.17) is 9.90 Å². The van der Waals surface area contributed by atoms with Gasteiger partial charge in [0.2, 0.25) is 5.71 Å². The summed E-state index contributed by atoms with van der Waals surface area (Å²) in [7, 11) is 0. The lowest BCUT2D eigenvalue weighted by Gasteiger charge is -2.07. The molecule has 3 aromatic heterocycles. The molecule has 3 heterocycles. The van der Waals surface area contributed by atoms with Crippen molar-refractivity contribution in [3.63, 3.8) is 0 Å². The quantitative estimate of drug-likeness (QED) is 0.377. The summed E-state index contributed by atoms with van der Waals surface area (Å²) in [6.45, 7) is -1.06. The molecule has 3 nitrogen and oxygen atoms in total. The van der Waals surface area contributed by atoms with Crippen LogP contribution in [0.25, 0.3) is 44.2 Å². The second kappa shape index (κ2) is 5.67. The lowest BCUT2D eigenvalue weighted by molar-refractivity contribution is 0.657. The summed E-state index contributed by atoms with van der Waals surface area (Å²) in [6, 6.07) is 18.9. The predicted molar refractivity (Wildman–Crippen MR) is 106 cm³/mol. The van der Waals surface area contributed by atoms with Gasteiger partial charge in [0.1, 0.15) is 5.58 Å². The second-order valence-electron chi connectivity index (χ2n) is 6.37. The van der Waals surface area contributed by atoms with Crippen molar-refractivity contribution < 1.29 is 9.90 Å². The van der Waals surface area contributed by atoms with Crippen LogP contribution in [0.1, 0.15) is 30.7 Å². The third-order valence-corrected chi connectivity index (χ3v) is 4.66. The van der Waals surface area contributed by atoms with Crippen molar-refractivity contribution in [3.8, 4) is 11.3 Å². The standard InChI is InChI=1S/C23H18N2O/c1-14(2)15-10-11-24-21(13-15)18-8-5-7-17-19-12-16-6-3-4-9-20(16)25-23(19)26-22(17)18/h3-14H,1-2H3/i1D3,14D. The zero-order valence-electron chi connectivity index (χ0n) is 18.2. The summed E-state index contributed by atoms with van der Waals surface area (Å²) in [6.07, 6.45) is 1.54. The Labute approximate surface area is 156 Å². The van der Waals surface area contributed by atoms with Crippen molar-refractivity contribution in [1.29, 1.82) is 0 Å². The van der Waals surface area contributed by atoms with Gasteiger partial charge >= 0.3 is 0 Å². The fraction of sp³-hybridized carbons (Fsp3) is 0.130. The average molecular weight is 342 g/mol. The molecule has 0 spiro atoms. The molecule has 1 atom stereocenters. The number of hydrogen-bond donors (Lipinski definition) is 0. The van der Waals surface area contributed by atoms with E-state index < -0.39 is 12.7 Å². The van der Waals surface area contributed by atoms with Gasteiger partial charge in [0.05, 0.1) is 11.2 Å². The minimum Gasteiger partial charge on any atom is -0.437 e. The molecule has 0 aliphatic carbocycles. The lowest BCUT2D eigenvalue weighted by Crippen LogP contribution is -1.90. The molecule has 2 aromatic carbocycles. The number of para-hydroxylation sites is 2. The Morgan fingerprint density at radius 3 is 2.88 bits per heavy atom. The highest BCUT2D eigenvalue weighted by molar-refractivity contribution is 6.10. The van der Waals surface area contributed by atoms with Gasteiger partial charge < -0.3 is 4.42 Å². The van der Waals surface area contributed by atoms with Crippen molar-refractivity contribution in [3.05, 3.63) is 72.4 Å². The third kappa shape index (κ3) is 2.28. The van der Waals surface area contributed by atoms with Gasteiger partial charge in [0.25, 0.3) is 0 Å². The van der Waals surface area contributed by atoms with E-state index in [9.17, 15) is 0 Å². The maximum absolute atomic E-state index is 8.39. The minimum atomic E-state index is -2.46. The molecule has 1 unspecified atom stereocenters. The largest absolute Gasteiger partial charge is 0.437 e. The molecule has 0 saturated carbocycles. The SMILES string of the molecule is [2H]C([2H])([2H])C([2H])(C)c1ccnc(-c2cccc3c2oc2nc4ccccc4cc23)c1. The van der Waals surface area contributed by atoms with E-state index >= 15 is 0 Å². The number of rotatable bonds is 2. The molecular weight excluding hydrogens is 320 g/mol. The maximum Gasteiger partial charge on any atom is 0.227 e. The first-order valence-corrected chi connectivity index (χ1v) is 8.44. The fourth-order valence-electron chi connectivity index (χ4n) is 3.34. The van der Waals surface area contributed by atoms with Crippen LogP contribution in [0.4, 0.5) is 0 Å². The van der Waals surface area contributed by atoms with Crippen LogP contribution in [0.5, 0.6) is 0 Å². The molecule has 0 fully saturated rings. The van der Waals surface area contributed by atoms with Gasteiger partial charge in [-0.15, -0.1) is 0 Å². The maximum atomic E-state index is 8.39.